The van der Waals surface area contributed by atoms with E-state index in [9.17, 15) is 4.79 Å². The van der Waals surface area contributed by atoms with Gasteiger partial charge in [-0.15, -0.1) is 0 Å². The predicted molar refractivity (Wildman–Crippen MR) is 75.0 cm³/mol. The fourth-order valence-electron chi connectivity index (χ4n) is 3.03. The number of hydrogen-bond acceptors (Lipinski definition) is 4. The standard InChI is InChI=1S/C14H27N3O2/c1-13(14(19)17-6-2-3-7-17)16-10-8-15(9-11-16)5-4-12-18/h13,18H,2-12H2,1H3. The van der Waals surface area contributed by atoms with Gasteiger partial charge >= 0.3 is 0 Å². The lowest BCUT2D eigenvalue weighted by atomic mass is 10.2. The second-order valence-electron chi connectivity index (χ2n) is 5.66. The summed E-state index contributed by atoms with van der Waals surface area (Å²) in [5, 5.41) is 8.84. The maximum absolute atomic E-state index is 12.3. The van der Waals surface area contributed by atoms with Crippen LogP contribution in [0.4, 0.5) is 0 Å². The minimum atomic E-state index is 0.0260. The van der Waals surface area contributed by atoms with Gasteiger partial charge in [-0.2, -0.15) is 0 Å². The van der Waals surface area contributed by atoms with Gasteiger partial charge in [0.2, 0.25) is 5.91 Å². The van der Waals surface area contributed by atoms with Crippen molar-refractivity contribution < 1.29 is 9.90 Å². The lowest BCUT2D eigenvalue weighted by Gasteiger charge is -2.38. The van der Waals surface area contributed by atoms with Gasteiger partial charge in [-0.25, -0.2) is 0 Å². The highest BCUT2D eigenvalue weighted by atomic mass is 16.3. The first-order valence-corrected chi connectivity index (χ1v) is 7.58. The molecule has 2 aliphatic rings. The van der Waals surface area contributed by atoms with Crippen LogP contribution < -0.4 is 0 Å². The molecule has 0 aromatic rings. The molecule has 1 unspecified atom stereocenters. The van der Waals surface area contributed by atoms with Crippen LogP contribution in [0.5, 0.6) is 0 Å². The first kappa shape index (κ1) is 14.8. The number of aliphatic hydroxyl groups excluding tert-OH is 1. The van der Waals surface area contributed by atoms with E-state index in [-0.39, 0.29) is 12.6 Å². The maximum Gasteiger partial charge on any atom is 0.239 e. The van der Waals surface area contributed by atoms with Gasteiger partial charge in [-0.05, 0) is 26.2 Å². The Morgan fingerprint density at radius 1 is 1.11 bits per heavy atom. The number of carbonyl (C=O) groups excluding carboxylic acids is 1. The fourth-order valence-corrected chi connectivity index (χ4v) is 3.03. The quantitative estimate of drug-likeness (QED) is 0.763. The summed E-state index contributed by atoms with van der Waals surface area (Å²) in [5.41, 5.74) is 0. The van der Waals surface area contributed by atoms with Crippen molar-refractivity contribution in [3.05, 3.63) is 0 Å². The van der Waals surface area contributed by atoms with Gasteiger partial charge in [0.15, 0.2) is 0 Å². The van der Waals surface area contributed by atoms with Gasteiger partial charge in [-0.1, -0.05) is 0 Å². The number of rotatable bonds is 5. The normalized spacial score (nSPS) is 23.8. The molecule has 0 aromatic carbocycles. The van der Waals surface area contributed by atoms with E-state index in [4.69, 9.17) is 5.11 Å². The van der Waals surface area contributed by atoms with Crippen LogP contribution in [0.2, 0.25) is 0 Å². The summed E-state index contributed by atoms with van der Waals surface area (Å²) >= 11 is 0. The van der Waals surface area contributed by atoms with E-state index in [1.807, 2.05) is 11.8 Å². The first-order valence-electron chi connectivity index (χ1n) is 7.58. The van der Waals surface area contributed by atoms with Gasteiger partial charge in [0.25, 0.3) is 0 Å². The molecule has 19 heavy (non-hydrogen) atoms. The van der Waals surface area contributed by atoms with Crippen molar-refractivity contribution in [3.63, 3.8) is 0 Å². The van der Waals surface area contributed by atoms with Gasteiger partial charge in [0.1, 0.15) is 0 Å². The van der Waals surface area contributed by atoms with Crippen LogP contribution >= 0.6 is 0 Å². The van der Waals surface area contributed by atoms with Crippen molar-refractivity contribution in [3.8, 4) is 0 Å². The van der Waals surface area contributed by atoms with E-state index in [1.54, 1.807) is 0 Å². The monoisotopic (exact) mass is 269 g/mol. The highest BCUT2D eigenvalue weighted by Crippen LogP contribution is 2.13. The molecule has 0 saturated carbocycles. The van der Waals surface area contributed by atoms with E-state index in [1.165, 1.54) is 0 Å². The highest BCUT2D eigenvalue weighted by Gasteiger charge is 2.29. The molecule has 0 aromatic heterocycles. The summed E-state index contributed by atoms with van der Waals surface area (Å²) < 4.78 is 0. The minimum absolute atomic E-state index is 0.0260. The molecule has 2 rings (SSSR count). The largest absolute Gasteiger partial charge is 0.396 e. The molecule has 0 radical (unpaired) electrons. The fraction of sp³-hybridized carbons (Fsp3) is 0.929. The van der Waals surface area contributed by atoms with Crippen LogP contribution in [0.25, 0.3) is 0 Å². The Labute approximate surface area is 116 Å². The second kappa shape index (κ2) is 7.22. The van der Waals surface area contributed by atoms with E-state index in [0.717, 1.165) is 65.1 Å². The third-order valence-electron chi connectivity index (χ3n) is 4.36. The molecule has 0 spiro atoms. The van der Waals surface area contributed by atoms with Crippen molar-refractivity contribution in [2.24, 2.45) is 0 Å². The molecule has 2 aliphatic heterocycles. The highest BCUT2D eigenvalue weighted by molar-refractivity contribution is 5.81. The minimum Gasteiger partial charge on any atom is -0.396 e. The van der Waals surface area contributed by atoms with E-state index >= 15 is 0 Å². The zero-order chi connectivity index (χ0) is 13.7. The molecular formula is C14H27N3O2. The molecule has 2 fully saturated rings. The molecule has 2 heterocycles. The van der Waals surface area contributed by atoms with Crippen molar-refractivity contribution in [2.45, 2.75) is 32.2 Å². The average Bonchev–Trinajstić information content (AvgIpc) is 2.98. The second-order valence-corrected chi connectivity index (χ2v) is 5.66. The van der Waals surface area contributed by atoms with Gasteiger partial charge in [0, 0.05) is 52.4 Å². The van der Waals surface area contributed by atoms with Crippen LogP contribution in [0.15, 0.2) is 0 Å². The number of hydrogen-bond donors (Lipinski definition) is 1. The zero-order valence-electron chi connectivity index (χ0n) is 12.1. The Bertz CT molecular complexity index is 284. The van der Waals surface area contributed by atoms with Crippen molar-refractivity contribution in [1.82, 2.24) is 14.7 Å². The van der Waals surface area contributed by atoms with Crippen molar-refractivity contribution >= 4 is 5.91 Å². The van der Waals surface area contributed by atoms with Crippen LogP contribution in [-0.4, -0.2) is 84.2 Å². The number of piperazine rings is 1. The molecule has 0 bridgehead atoms. The summed E-state index contributed by atoms with van der Waals surface area (Å²) in [6.45, 7) is 9.12. The summed E-state index contributed by atoms with van der Waals surface area (Å²) in [5.74, 6) is 0.307. The number of likely N-dealkylation sites (tertiary alicyclic amines) is 1. The molecular weight excluding hydrogens is 242 g/mol. The Kier molecular flexibility index (Phi) is 5.60. The van der Waals surface area contributed by atoms with Gasteiger partial charge < -0.3 is 14.9 Å². The molecule has 5 nitrogen and oxygen atoms in total. The van der Waals surface area contributed by atoms with Gasteiger partial charge in [0.05, 0.1) is 6.04 Å². The van der Waals surface area contributed by atoms with Crippen LogP contribution in [-0.2, 0) is 4.79 Å². The first-order chi connectivity index (χ1) is 9.22. The van der Waals surface area contributed by atoms with Crippen LogP contribution in [0, 0.1) is 0 Å². The molecule has 110 valence electrons. The van der Waals surface area contributed by atoms with E-state index in [2.05, 4.69) is 9.80 Å². The van der Waals surface area contributed by atoms with Crippen LogP contribution in [0.3, 0.4) is 0 Å². The molecule has 5 heteroatoms. The Hall–Kier alpha value is -0.650. The number of carbonyl (C=O) groups is 1. The molecule has 1 amide bonds. The van der Waals surface area contributed by atoms with Crippen molar-refractivity contribution in [1.29, 1.82) is 0 Å². The SMILES string of the molecule is CC(C(=O)N1CCCC1)N1CCN(CCCO)CC1. The average molecular weight is 269 g/mol. The topological polar surface area (TPSA) is 47.0 Å². The van der Waals surface area contributed by atoms with E-state index in [0.29, 0.717) is 5.91 Å². The van der Waals surface area contributed by atoms with Crippen molar-refractivity contribution in [2.75, 3.05) is 52.4 Å². The number of nitrogens with zero attached hydrogens (tertiary/aromatic N) is 3. The Morgan fingerprint density at radius 3 is 2.32 bits per heavy atom. The lowest BCUT2D eigenvalue weighted by molar-refractivity contribution is -0.136. The Morgan fingerprint density at radius 2 is 1.74 bits per heavy atom. The third-order valence-corrected chi connectivity index (χ3v) is 4.36. The smallest absolute Gasteiger partial charge is 0.239 e. The zero-order valence-corrected chi connectivity index (χ0v) is 12.1. The van der Waals surface area contributed by atoms with Gasteiger partial charge in [-0.3, -0.25) is 9.69 Å². The Balaban J connectivity index is 1.75. The summed E-state index contributed by atoms with van der Waals surface area (Å²) in [6, 6.07) is 0.0260. The molecule has 0 aliphatic carbocycles. The van der Waals surface area contributed by atoms with E-state index < -0.39 is 0 Å². The molecule has 1 N–H and O–H groups in total. The molecule has 2 saturated heterocycles. The summed E-state index contributed by atoms with van der Waals surface area (Å²) in [4.78, 5) is 19.0. The lowest BCUT2D eigenvalue weighted by Crippen LogP contribution is -2.54. The number of aliphatic hydroxyl groups is 1. The molecule has 1 atom stereocenters. The predicted octanol–water partition coefficient (Wildman–Crippen LogP) is -0.00270. The third kappa shape index (κ3) is 3.91. The number of amides is 1. The van der Waals surface area contributed by atoms with Crippen LogP contribution in [0.1, 0.15) is 26.2 Å². The summed E-state index contributed by atoms with van der Waals surface area (Å²) in [6.07, 6.45) is 3.17. The maximum atomic E-state index is 12.3. The summed E-state index contributed by atoms with van der Waals surface area (Å²) in [7, 11) is 0.